The first kappa shape index (κ1) is 24.1. The zero-order valence-corrected chi connectivity index (χ0v) is 20.5. The van der Waals surface area contributed by atoms with Gasteiger partial charge in [-0.1, -0.05) is 17.7 Å². The van der Waals surface area contributed by atoms with Gasteiger partial charge in [0.2, 0.25) is 5.95 Å². The Bertz CT molecular complexity index is 1790. The number of fused-ring (bicyclic) bond motifs is 1. The Balaban J connectivity index is 1.66. The van der Waals surface area contributed by atoms with Crippen molar-refractivity contribution in [2.75, 3.05) is 12.4 Å². The zero-order valence-electron chi connectivity index (χ0n) is 19.8. The topological polar surface area (TPSA) is 112 Å². The average molecular weight is 519 g/mol. The molecule has 10 nitrogen and oxygen atoms in total. The first-order valence-corrected chi connectivity index (χ1v) is 11.5. The first-order chi connectivity index (χ1) is 17.8. The number of anilines is 2. The van der Waals surface area contributed by atoms with Gasteiger partial charge in [0.15, 0.2) is 0 Å². The minimum absolute atomic E-state index is 0.0115. The van der Waals surface area contributed by atoms with Gasteiger partial charge in [0, 0.05) is 49.3 Å². The molecule has 0 unspecified atom stereocenters. The minimum Gasteiger partial charge on any atom is -0.325 e. The summed E-state index contributed by atoms with van der Waals surface area (Å²) >= 11 is 6.04. The van der Waals surface area contributed by atoms with Crippen LogP contribution in [0.15, 0.2) is 75.6 Å². The van der Waals surface area contributed by atoms with E-state index in [1.54, 1.807) is 22.9 Å². The molecule has 37 heavy (non-hydrogen) atoms. The average Bonchev–Trinajstić information content (AvgIpc) is 3.23. The molecule has 0 bridgehead atoms. The van der Waals surface area contributed by atoms with Crippen LogP contribution in [-0.2, 0) is 13.6 Å². The third-order valence-electron chi connectivity index (χ3n) is 5.56. The standard InChI is InChI=1S/C25H20ClFN8O2/c1-28-10-16-7-15(3-5-21(16)27)13-34-23(30-19-4-6-22-17(8-19)14-33(2)32-22)31-24(36)35(25(34)37)20-9-18(26)11-29-12-20/h3-12,14H,13H2,1-2H3,(H,30,31,36)/b28-10+. The Morgan fingerprint density at radius 3 is 2.76 bits per heavy atom. The summed E-state index contributed by atoms with van der Waals surface area (Å²) in [6.45, 7) is -0.0115. The third-order valence-corrected chi connectivity index (χ3v) is 5.77. The molecular weight excluding hydrogens is 499 g/mol. The molecule has 5 aromatic rings. The number of pyridine rings is 1. The van der Waals surface area contributed by atoms with Gasteiger partial charge in [-0.05, 0) is 42.0 Å². The lowest BCUT2D eigenvalue weighted by molar-refractivity contribution is 0.622. The second kappa shape index (κ2) is 9.78. The van der Waals surface area contributed by atoms with Gasteiger partial charge in [0.05, 0.1) is 29.0 Å². The van der Waals surface area contributed by atoms with Crippen LogP contribution in [0.4, 0.5) is 16.0 Å². The first-order valence-electron chi connectivity index (χ1n) is 11.1. The molecule has 2 aromatic carbocycles. The molecule has 0 atom stereocenters. The largest absolute Gasteiger partial charge is 0.359 e. The van der Waals surface area contributed by atoms with E-state index in [0.29, 0.717) is 11.3 Å². The normalized spacial score (nSPS) is 11.5. The number of nitrogens with one attached hydrogen (secondary N) is 1. The Labute approximate surface area is 214 Å². The SMILES string of the molecule is C/N=C/c1cc(Cn2c(Nc3ccc4nn(C)cc4c3)nc(=O)n(-c3cncc(Cl)c3)c2=O)ccc1F. The Morgan fingerprint density at radius 1 is 1.14 bits per heavy atom. The van der Waals surface area contributed by atoms with Gasteiger partial charge in [0.25, 0.3) is 0 Å². The molecule has 0 saturated heterocycles. The molecule has 0 fully saturated rings. The number of hydrogen-bond acceptors (Lipinski definition) is 7. The highest BCUT2D eigenvalue weighted by Gasteiger charge is 2.17. The summed E-state index contributed by atoms with van der Waals surface area (Å²) in [7, 11) is 3.35. The molecule has 186 valence electrons. The fourth-order valence-electron chi connectivity index (χ4n) is 3.94. The predicted molar refractivity (Wildman–Crippen MR) is 140 cm³/mol. The van der Waals surface area contributed by atoms with E-state index in [1.165, 1.54) is 42.4 Å². The van der Waals surface area contributed by atoms with Gasteiger partial charge in [-0.3, -0.25) is 19.2 Å². The van der Waals surface area contributed by atoms with Gasteiger partial charge in [-0.25, -0.2) is 18.5 Å². The van der Waals surface area contributed by atoms with E-state index in [9.17, 15) is 14.0 Å². The molecular formula is C25H20ClFN8O2. The van der Waals surface area contributed by atoms with Gasteiger partial charge < -0.3 is 5.32 Å². The zero-order chi connectivity index (χ0) is 26.1. The molecule has 0 aliphatic rings. The Morgan fingerprint density at radius 2 is 1.97 bits per heavy atom. The number of halogens is 2. The maximum atomic E-state index is 14.2. The molecule has 0 amide bonds. The van der Waals surface area contributed by atoms with E-state index in [0.717, 1.165) is 15.5 Å². The molecule has 0 aliphatic heterocycles. The van der Waals surface area contributed by atoms with Crippen molar-refractivity contribution in [1.29, 1.82) is 0 Å². The summed E-state index contributed by atoms with van der Waals surface area (Å²) in [5.74, 6) is -0.433. The van der Waals surface area contributed by atoms with E-state index < -0.39 is 17.2 Å². The van der Waals surface area contributed by atoms with Gasteiger partial charge in [-0.2, -0.15) is 10.1 Å². The van der Waals surface area contributed by atoms with Crippen molar-refractivity contribution in [3.8, 4) is 5.69 Å². The predicted octanol–water partition coefficient (Wildman–Crippen LogP) is 3.31. The van der Waals surface area contributed by atoms with Crippen molar-refractivity contribution in [1.82, 2.24) is 28.9 Å². The van der Waals surface area contributed by atoms with Crippen LogP contribution in [0, 0.1) is 5.82 Å². The van der Waals surface area contributed by atoms with Crippen LogP contribution < -0.4 is 16.7 Å². The van der Waals surface area contributed by atoms with Crippen molar-refractivity contribution < 1.29 is 4.39 Å². The summed E-state index contributed by atoms with van der Waals surface area (Å²) in [6.07, 6.45) is 5.97. The molecule has 0 radical (unpaired) electrons. The third kappa shape index (κ3) is 4.89. The molecule has 3 aromatic heterocycles. The van der Waals surface area contributed by atoms with Gasteiger partial charge >= 0.3 is 11.4 Å². The van der Waals surface area contributed by atoms with Crippen LogP contribution >= 0.6 is 11.6 Å². The maximum Gasteiger partial charge on any atom is 0.359 e. The lowest BCUT2D eigenvalue weighted by Gasteiger charge is -2.16. The molecule has 0 spiro atoms. The monoisotopic (exact) mass is 518 g/mol. The lowest BCUT2D eigenvalue weighted by atomic mass is 10.1. The second-order valence-electron chi connectivity index (χ2n) is 8.23. The van der Waals surface area contributed by atoms with Crippen LogP contribution in [0.2, 0.25) is 5.02 Å². The number of nitrogens with zero attached hydrogens (tertiary/aromatic N) is 7. The van der Waals surface area contributed by atoms with Crippen molar-refractivity contribution in [3.05, 3.63) is 104 Å². The highest BCUT2D eigenvalue weighted by atomic mass is 35.5. The second-order valence-corrected chi connectivity index (χ2v) is 8.66. The number of hydrogen-bond donors (Lipinski definition) is 1. The highest BCUT2D eigenvalue weighted by Crippen LogP contribution is 2.21. The summed E-state index contributed by atoms with van der Waals surface area (Å²) < 4.78 is 18.0. The summed E-state index contributed by atoms with van der Waals surface area (Å²) in [5, 5.41) is 8.55. The Kier molecular flexibility index (Phi) is 6.36. The van der Waals surface area contributed by atoms with E-state index in [2.05, 4.69) is 25.4 Å². The van der Waals surface area contributed by atoms with E-state index >= 15 is 0 Å². The van der Waals surface area contributed by atoms with Crippen molar-refractivity contribution in [3.63, 3.8) is 0 Å². The Hall–Kier alpha value is -4.64. The van der Waals surface area contributed by atoms with Crippen LogP contribution in [-0.4, -0.2) is 42.1 Å². The number of aryl methyl sites for hydroxylation is 1. The van der Waals surface area contributed by atoms with Gasteiger partial charge in [0.1, 0.15) is 5.82 Å². The summed E-state index contributed by atoms with van der Waals surface area (Å²) in [6, 6.07) is 11.3. The van der Waals surface area contributed by atoms with E-state index in [-0.39, 0.29) is 28.8 Å². The van der Waals surface area contributed by atoms with Crippen LogP contribution in [0.3, 0.4) is 0 Å². The van der Waals surface area contributed by atoms with E-state index in [4.69, 9.17) is 11.6 Å². The quantitative estimate of drug-likeness (QED) is 0.345. The summed E-state index contributed by atoms with van der Waals surface area (Å²) in [5.41, 5.74) is 0.937. The minimum atomic E-state index is -0.812. The fourth-order valence-corrected chi connectivity index (χ4v) is 4.11. The molecule has 12 heteroatoms. The number of benzene rings is 2. The van der Waals surface area contributed by atoms with Crippen LogP contribution in [0.1, 0.15) is 11.1 Å². The van der Waals surface area contributed by atoms with Crippen LogP contribution in [0.25, 0.3) is 16.6 Å². The van der Waals surface area contributed by atoms with Crippen molar-refractivity contribution >= 4 is 40.4 Å². The smallest absolute Gasteiger partial charge is 0.325 e. The number of rotatable bonds is 6. The maximum absolute atomic E-state index is 14.2. The molecule has 3 heterocycles. The molecule has 5 rings (SSSR count). The highest BCUT2D eigenvalue weighted by molar-refractivity contribution is 6.30. The van der Waals surface area contributed by atoms with Gasteiger partial charge in [-0.15, -0.1) is 0 Å². The van der Waals surface area contributed by atoms with Crippen molar-refractivity contribution in [2.45, 2.75) is 6.54 Å². The summed E-state index contributed by atoms with van der Waals surface area (Å²) in [4.78, 5) is 38.7. The molecule has 1 N–H and O–H groups in total. The number of aromatic nitrogens is 6. The van der Waals surface area contributed by atoms with Crippen LogP contribution in [0.5, 0.6) is 0 Å². The molecule has 0 aliphatic carbocycles. The number of aliphatic imine (C=N–C) groups is 1. The molecule has 0 saturated carbocycles. The fraction of sp³-hybridized carbons (Fsp3) is 0.120. The van der Waals surface area contributed by atoms with Crippen molar-refractivity contribution in [2.24, 2.45) is 12.0 Å². The lowest BCUT2D eigenvalue weighted by Crippen LogP contribution is -2.41. The van der Waals surface area contributed by atoms with E-state index in [1.807, 2.05) is 25.4 Å².